The molecule has 0 aliphatic rings. The summed E-state index contributed by atoms with van der Waals surface area (Å²) in [6, 6.07) is 22.4. The van der Waals surface area contributed by atoms with E-state index in [0.717, 1.165) is 11.3 Å². The number of ether oxygens (including phenoxy) is 6. The maximum Gasteiger partial charge on any atom is 0.341 e. The lowest BCUT2D eigenvalue weighted by Crippen LogP contribution is -2.05. The number of aromatic hydroxyl groups is 1. The van der Waals surface area contributed by atoms with Crippen molar-refractivity contribution in [2.75, 3.05) is 42.7 Å². The van der Waals surface area contributed by atoms with Gasteiger partial charge >= 0.3 is 11.9 Å². The summed E-state index contributed by atoms with van der Waals surface area (Å²) < 4.78 is 28.7. The van der Waals surface area contributed by atoms with Gasteiger partial charge in [0.15, 0.2) is 0 Å². The quantitative estimate of drug-likeness (QED) is 0.158. The molecule has 0 unspecified atom stereocenters. The molecule has 0 saturated carbocycles. The molecule has 9 heteroatoms. The van der Waals surface area contributed by atoms with E-state index in [4.69, 9.17) is 19.3 Å². The van der Waals surface area contributed by atoms with Crippen LogP contribution in [0.5, 0.6) is 17.2 Å². The molecule has 45 heavy (non-hydrogen) atoms. The maximum atomic E-state index is 11.5. The summed E-state index contributed by atoms with van der Waals surface area (Å²) in [4.78, 5) is 22.1. The Morgan fingerprint density at radius 2 is 1.07 bits per heavy atom. The highest BCUT2D eigenvalue weighted by molar-refractivity contribution is 6.16. The summed E-state index contributed by atoms with van der Waals surface area (Å²) in [6.45, 7) is 9.52. The Bertz CT molecular complexity index is 1260. The fraction of sp³-hybridized carbons (Fsp3) is 0.333. The van der Waals surface area contributed by atoms with Crippen LogP contribution in [0.1, 0.15) is 44.9 Å². The fourth-order valence-electron chi connectivity index (χ4n) is 3.05. The second-order valence-corrected chi connectivity index (χ2v) is 8.24. The van der Waals surface area contributed by atoms with Gasteiger partial charge in [-0.1, -0.05) is 75.9 Å². The monoisotopic (exact) mass is 628 g/mol. The fourth-order valence-corrected chi connectivity index (χ4v) is 3.05. The Labute approximate surface area is 270 Å². The zero-order chi connectivity index (χ0) is 33.9. The van der Waals surface area contributed by atoms with E-state index < -0.39 is 5.97 Å². The molecule has 0 bridgehead atoms. The highest BCUT2D eigenvalue weighted by atomic mass is 16.5. The second-order valence-electron chi connectivity index (χ2n) is 8.24. The van der Waals surface area contributed by atoms with Gasteiger partial charge < -0.3 is 33.5 Å². The van der Waals surface area contributed by atoms with E-state index in [1.54, 1.807) is 39.3 Å². The predicted molar refractivity (Wildman–Crippen MR) is 181 cm³/mol. The minimum atomic E-state index is -0.466. The van der Waals surface area contributed by atoms with E-state index in [0.29, 0.717) is 28.2 Å². The number of phenolic OH excluding ortho intramolecular Hbond substituents is 1. The number of esters is 2. The molecule has 0 aliphatic carbocycles. The number of hydrogen-bond acceptors (Lipinski definition) is 9. The lowest BCUT2D eigenvalue weighted by Gasteiger charge is -2.09. The molecule has 9 nitrogen and oxygen atoms in total. The van der Waals surface area contributed by atoms with Gasteiger partial charge in [-0.3, -0.25) is 0 Å². The van der Waals surface area contributed by atoms with Gasteiger partial charge in [0.05, 0.1) is 60.8 Å². The third-order valence-electron chi connectivity index (χ3n) is 5.27. The SMILES string of the molecule is C.CC.CO/C=C(/C(=O)OC)c1ccccc1OC.CO/C=C(\C)C(=O)OC.COc1ccccc1C.Cc1ccccc1O. The minimum absolute atomic E-state index is 0. The van der Waals surface area contributed by atoms with E-state index in [2.05, 4.69) is 14.2 Å². The normalized spacial score (nSPS) is 9.58. The largest absolute Gasteiger partial charge is 0.508 e. The molecule has 0 radical (unpaired) electrons. The van der Waals surface area contributed by atoms with Crippen molar-refractivity contribution in [3.05, 3.63) is 108 Å². The summed E-state index contributed by atoms with van der Waals surface area (Å²) in [6.07, 6.45) is 2.68. The molecule has 0 aliphatic heterocycles. The number of aryl methyl sites for hydroxylation is 2. The van der Waals surface area contributed by atoms with Crippen LogP contribution in [-0.2, 0) is 28.5 Å². The van der Waals surface area contributed by atoms with Gasteiger partial charge in [0.2, 0.25) is 0 Å². The smallest absolute Gasteiger partial charge is 0.341 e. The Morgan fingerprint density at radius 3 is 1.44 bits per heavy atom. The molecule has 0 fully saturated rings. The third-order valence-corrected chi connectivity index (χ3v) is 5.27. The Hall–Kier alpha value is -4.92. The molecule has 0 spiro atoms. The minimum Gasteiger partial charge on any atom is -0.508 e. The zero-order valence-electron chi connectivity index (χ0n) is 27.8. The first-order valence-corrected chi connectivity index (χ1v) is 13.7. The summed E-state index contributed by atoms with van der Waals surface area (Å²) >= 11 is 0. The zero-order valence-corrected chi connectivity index (χ0v) is 27.8. The number of phenols is 1. The van der Waals surface area contributed by atoms with Crippen molar-refractivity contribution in [3.8, 4) is 17.2 Å². The van der Waals surface area contributed by atoms with Gasteiger partial charge in [-0.05, 0) is 50.1 Å². The van der Waals surface area contributed by atoms with E-state index in [9.17, 15) is 9.59 Å². The first-order valence-electron chi connectivity index (χ1n) is 13.7. The first-order chi connectivity index (χ1) is 21.1. The van der Waals surface area contributed by atoms with Gasteiger partial charge in [-0.25, -0.2) is 9.59 Å². The summed E-state index contributed by atoms with van der Waals surface area (Å²) in [5, 5.41) is 8.92. The van der Waals surface area contributed by atoms with Crippen molar-refractivity contribution in [2.24, 2.45) is 0 Å². The summed E-state index contributed by atoms with van der Waals surface area (Å²) in [5.74, 6) is 1.09. The molecular formula is C36H52O9. The molecule has 3 aromatic rings. The second kappa shape index (κ2) is 27.9. The topological polar surface area (TPSA) is 110 Å². The van der Waals surface area contributed by atoms with Gasteiger partial charge in [0.1, 0.15) is 22.8 Å². The van der Waals surface area contributed by atoms with Crippen molar-refractivity contribution in [3.63, 3.8) is 0 Å². The standard InChI is InChI=1S/C12H14O4.C8H10O.C7H8O.C6H10O3.C2H6.CH4/c1-14-8-10(12(13)16-3)9-6-4-5-7-11(9)15-2;1-7-5-3-4-6-8(7)9-2;1-6-4-2-3-5-7(6)8;1-5(4-8-2)6(7)9-3;1-2;/h4-8H,1-3H3;3-6H,1-2H3;2-5,8H,1H3;4H,1-3H3;1-2H3;1H4/b10-8+;;;5-4+;;. The molecule has 0 aromatic heterocycles. The van der Waals surface area contributed by atoms with Crippen molar-refractivity contribution < 1.29 is 43.1 Å². The van der Waals surface area contributed by atoms with Crippen molar-refractivity contribution in [1.29, 1.82) is 0 Å². The highest BCUT2D eigenvalue weighted by Gasteiger charge is 2.16. The molecule has 0 heterocycles. The Morgan fingerprint density at radius 1 is 0.622 bits per heavy atom. The molecule has 0 amide bonds. The first kappa shape index (κ1) is 44.5. The summed E-state index contributed by atoms with van der Waals surface area (Å²) in [5.41, 5.74) is 3.52. The molecule has 250 valence electrons. The lowest BCUT2D eigenvalue weighted by atomic mass is 10.1. The lowest BCUT2D eigenvalue weighted by molar-refractivity contribution is -0.136. The van der Waals surface area contributed by atoms with Crippen LogP contribution in [0.2, 0.25) is 0 Å². The van der Waals surface area contributed by atoms with E-state index in [1.807, 2.05) is 82.3 Å². The molecule has 1 N–H and O–H groups in total. The number of carbonyl (C=O) groups excluding carboxylic acids is 2. The number of benzene rings is 3. The molecule has 0 atom stereocenters. The van der Waals surface area contributed by atoms with Crippen LogP contribution >= 0.6 is 0 Å². The molecule has 0 saturated heterocycles. The van der Waals surface area contributed by atoms with E-state index in [1.165, 1.54) is 46.5 Å². The Kier molecular flexibility index (Phi) is 27.6. The average Bonchev–Trinajstić information content (AvgIpc) is 3.06. The van der Waals surface area contributed by atoms with Gasteiger partial charge in [0, 0.05) is 5.56 Å². The maximum absolute atomic E-state index is 11.5. The van der Waals surface area contributed by atoms with Crippen LogP contribution in [-0.4, -0.2) is 59.7 Å². The van der Waals surface area contributed by atoms with Crippen molar-refractivity contribution in [2.45, 2.75) is 42.0 Å². The van der Waals surface area contributed by atoms with Crippen LogP contribution in [0, 0.1) is 13.8 Å². The number of hydrogen-bond donors (Lipinski definition) is 1. The van der Waals surface area contributed by atoms with Crippen LogP contribution in [0.4, 0.5) is 0 Å². The van der Waals surface area contributed by atoms with Crippen LogP contribution in [0.3, 0.4) is 0 Å². The van der Waals surface area contributed by atoms with Crippen molar-refractivity contribution in [1.82, 2.24) is 0 Å². The van der Waals surface area contributed by atoms with Gasteiger partial charge in [-0.2, -0.15) is 0 Å². The molecule has 3 rings (SSSR count). The number of methoxy groups -OCH3 is 6. The average molecular weight is 629 g/mol. The van der Waals surface area contributed by atoms with E-state index in [-0.39, 0.29) is 13.4 Å². The summed E-state index contributed by atoms with van der Waals surface area (Å²) in [7, 11) is 8.82. The van der Waals surface area contributed by atoms with E-state index >= 15 is 0 Å². The molecule has 3 aromatic carbocycles. The van der Waals surface area contributed by atoms with Crippen LogP contribution in [0.15, 0.2) is 90.9 Å². The number of rotatable bonds is 7. The predicted octanol–water partition coefficient (Wildman–Crippen LogP) is 7.93. The van der Waals surface area contributed by atoms with Gasteiger partial charge in [0.25, 0.3) is 0 Å². The number of para-hydroxylation sites is 3. The Balaban J connectivity index is -0.000000531. The molecular weight excluding hydrogens is 576 g/mol. The highest BCUT2D eigenvalue weighted by Crippen LogP contribution is 2.26. The number of carbonyl (C=O) groups is 2. The van der Waals surface area contributed by atoms with Crippen LogP contribution in [0.25, 0.3) is 5.57 Å². The third kappa shape index (κ3) is 18.4. The van der Waals surface area contributed by atoms with Gasteiger partial charge in [-0.15, -0.1) is 0 Å². The van der Waals surface area contributed by atoms with Crippen LogP contribution < -0.4 is 9.47 Å². The van der Waals surface area contributed by atoms with Crippen molar-refractivity contribution >= 4 is 17.5 Å².